The molecule has 3 nitrogen and oxygen atoms in total. The Morgan fingerprint density at radius 3 is 2.67 bits per heavy atom. The average molecular weight is 296 g/mol. The zero-order valence-electron chi connectivity index (χ0n) is 11.7. The molecule has 3 aromatic rings. The molecule has 0 bridgehead atoms. The van der Waals surface area contributed by atoms with Crippen molar-refractivity contribution in [3.63, 3.8) is 0 Å². The molecule has 3 N–H and O–H groups in total. The van der Waals surface area contributed by atoms with Crippen molar-refractivity contribution in [1.82, 2.24) is 0 Å². The Kier molecular flexibility index (Phi) is 3.49. The first-order valence-corrected chi connectivity index (χ1v) is 7.58. The fraction of sp³-hybridized carbons (Fsp3) is 0.118. The molecule has 0 fully saturated rings. The van der Waals surface area contributed by atoms with Gasteiger partial charge < -0.3 is 11.1 Å². The lowest BCUT2D eigenvalue weighted by molar-refractivity contribution is -0.120. The van der Waals surface area contributed by atoms with Crippen LogP contribution in [0.2, 0.25) is 0 Å². The third kappa shape index (κ3) is 2.68. The number of anilines is 1. The van der Waals surface area contributed by atoms with Crippen molar-refractivity contribution >= 4 is 33.0 Å². The SMILES string of the molecule is CC(N)(C(=O)Nc1ccc2sccc2c1)c1ccccc1. The largest absolute Gasteiger partial charge is 0.324 e. The minimum atomic E-state index is -1.06. The topological polar surface area (TPSA) is 55.1 Å². The molecule has 0 spiro atoms. The van der Waals surface area contributed by atoms with Crippen molar-refractivity contribution in [2.45, 2.75) is 12.5 Å². The summed E-state index contributed by atoms with van der Waals surface area (Å²) in [6.07, 6.45) is 0. The first kappa shape index (κ1) is 13.8. The zero-order chi connectivity index (χ0) is 14.9. The van der Waals surface area contributed by atoms with E-state index in [1.54, 1.807) is 18.3 Å². The number of nitrogens with two attached hydrogens (primary N) is 1. The molecule has 21 heavy (non-hydrogen) atoms. The van der Waals surface area contributed by atoms with Gasteiger partial charge in [-0.25, -0.2) is 0 Å². The Hall–Kier alpha value is -2.17. The maximum absolute atomic E-state index is 12.5. The van der Waals surface area contributed by atoms with E-state index in [0.717, 1.165) is 16.6 Å². The van der Waals surface area contributed by atoms with Crippen LogP contribution >= 0.6 is 11.3 Å². The fourth-order valence-electron chi connectivity index (χ4n) is 2.22. The number of amides is 1. The molecule has 3 rings (SSSR count). The molecule has 0 saturated heterocycles. The van der Waals surface area contributed by atoms with Gasteiger partial charge in [0.05, 0.1) is 0 Å². The smallest absolute Gasteiger partial charge is 0.248 e. The molecule has 1 heterocycles. The van der Waals surface area contributed by atoms with Gasteiger partial charge in [-0.1, -0.05) is 30.3 Å². The normalized spacial score (nSPS) is 13.8. The van der Waals surface area contributed by atoms with E-state index in [9.17, 15) is 4.79 Å². The number of carbonyl (C=O) groups is 1. The van der Waals surface area contributed by atoms with E-state index in [4.69, 9.17) is 5.73 Å². The van der Waals surface area contributed by atoms with Gasteiger partial charge in [0.1, 0.15) is 5.54 Å². The number of thiophene rings is 1. The molecule has 106 valence electrons. The summed E-state index contributed by atoms with van der Waals surface area (Å²) in [5.74, 6) is -0.219. The number of carbonyl (C=O) groups excluding carboxylic acids is 1. The van der Waals surface area contributed by atoms with Gasteiger partial charge in [0, 0.05) is 10.4 Å². The second-order valence-electron chi connectivity index (χ2n) is 5.20. The molecular formula is C17H16N2OS. The second-order valence-corrected chi connectivity index (χ2v) is 6.14. The summed E-state index contributed by atoms with van der Waals surface area (Å²) < 4.78 is 1.20. The van der Waals surface area contributed by atoms with Gasteiger partial charge in [0.2, 0.25) is 5.91 Å². The summed E-state index contributed by atoms with van der Waals surface area (Å²) in [6, 6.07) is 17.3. The van der Waals surface area contributed by atoms with Crippen LogP contribution in [0.25, 0.3) is 10.1 Å². The predicted octanol–water partition coefficient (Wildman–Crippen LogP) is 3.71. The number of nitrogens with one attached hydrogen (secondary N) is 1. The summed E-state index contributed by atoms with van der Waals surface area (Å²) in [7, 11) is 0. The molecule has 0 aliphatic carbocycles. The molecule has 2 aromatic carbocycles. The Morgan fingerprint density at radius 1 is 1.14 bits per heavy atom. The maximum Gasteiger partial charge on any atom is 0.248 e. The van der Waals surface area contributed by atoms with Crippen molar-refractivity contribution in [2.24, 2.45) is 5.73 Å². The van der Waals surface area contributed by atoms with Crippen LogP contribution in [0.3, 0.4) is 0 Å². The molecule has 4 heteroatoms. The summed E-state index contributed by atoms with van der Waals surface area (Å²) in [5.41, 5.74) is 6.70. The molecule has 1 aromatic heterocycles. The molecular weight excluding hydrogens is 280 g/mol. The van der Waals surface area contributed by atoms with Gasteiger partial charge in [-0.05, 0) is 47.5 Å². The predicted molar refractivity (Wildman–Crippen MR) is 88.4 cm³/mol. The van der Waals surface area contributed by atoms with Gasteiger partial charge in [0.15, 0.2) is 0 Å². The number of hydrogen-bond acceptors (Lipinski definition) is 3. The third-order valence-corrected chi connectivity index (χ3v) is 4.45. The Labute approximate surface area is 127 Å². The van der Waals surface area contributed by atoms with E-state index >= 15 is 0 Å². The number of benzene rings is 2. The van der Waals surface area contributed by atoms with Crippen LogP contribution < -0.4 is 11.1 Å². The number of fused-ring (bicyclic) bond motifs is 1. The highest BCUT2D eigenvalue weighted by Crippen LogP contribution is 2.25. The molecule has 0 radical (unpaired) electrons. The first-order chi connectivity index (χ1) is 10.1. The summed E-state index contributed by atoms with van der Waals surface area (Å²) in [5, 5.41) is 6.06. The Bertz CT molecular complexity index is 778. The Balaban J connectivity index is 1.85. The van der Waals surface area contributed by atoms with Crippen molar-refractivity contribution in [1.29, 1.82) is 0 Å². The maximum atomic E-state index is 12.5. The summed E-state index contributed by atoms with van der Waals surface area (Å²) in [6.45, 7) is 1.72. The zero-order valence-corrected chi connectivity index (χ0v) is 12.5. The van der Waals surface area contributed by atoms with Gasteiger partial charge in [-0.15, -0.1) is 11.3 Å². The Morgan fingerprint density at radius 2 is 1.90 bits per heavy atom. The van der Waals surface area contributed by atoms with E-state index < -0.39 is 5.54 Å². The monoisotopic (exact) mass is 296 g/mol. The van der Waals surface area contributed by atoms with Gasteiger partial charge in [0.25, 0.3) is 0 Å². The standard InChI is InChI=1S/C17H16N2OS/c1-17(18,13-5-3-2-4-6-13)16(20)19-14-7-8-15-12(11-14)9-10-21-15/h2-11H,18H2,1H3,(H,19,20). The lowest BCUT2D eigenvalue weighted by Gasteiger charge is -2.24. The van der Waals surface area contributed by atoms with E-state index in [1.807, 2.05) is 60.0 Å². The molecule has 0 saturated carbocycles. The highest BCUT2D eigenvalue weighted by Gasteiger charge is 2.30. The van der Waals surface area contributed by atoms with E-state index in [0.29, 0.717) is 0 Å². The summed E-state index contributed by atoms with van der Waals surface area (Å²) in [4.78, 5) is 12.5. The second kappa shape index (κ2) is 5.31. The van der Waals surface area contributed by atoms with Crippen LogP contribution in [0.15, 0.2) is 60.0 Å². The van der Waals surface area contributed by atoms with Crippen LogP contribution in [0.1, 0.15) is 12.5 Å². The molecule has 0 aliphatic rings. The van der Waals surface area contributed by atoms with Crippen molar-refractivity contribution < 1.29 is 4.79 Å². The quantitative estimate of drug-likeness (QED) is 0.774. The number of rotatable bonds is 3. The highest BCUT2D eigenvalue weighted by molar-refractivity contribution is 7.17. The van der Waals surface area contributed by atoms with E-state index in [-0.39, 0.29) is 5.91 Å². The van der Waals surface area contributed by atoms with Crippen LogP contribution in [-0.2, 0) is 10.3 Å². The van der Waals surface area contributed by atoms with E-state index in [2.05, 4.69) is 5.32 Å². The third-order valence-electron chi connectivity index (χ3n) is 3.56. The highest BCUT2D eigenvalue weighted by atomic mass is 32.1. The minimum absolute atomic E-state index is 0.219. The van der Waals surface area contributed by atoms with Crippen LogP contribution in [-0.4, -0.2) is 5.91 Å². The van der Waals surface area contributed by atoms with E-state index in [1.165, 1.54) is 4.70 Å². The average Bonchev–Trinajstić information content (AvgIpc) is 2.95. The first-order valence-electron chi connectivity index (χ1n) is 6.70. The molecule has 0 aliphatic heterocycles. The minimum Gasteiger partial charge on any atom is -0.324 e. The number of hydrogen-bond donors (Lipinski definition) is 2. The van der Waals surface area contributed by atoms with Gasteiger partial charge >= 0.3 is 0 Å². The molecule has 1 atom stereocenters. The van der Waals surface area contributed by atoms with Crippen molar-refractivity contribution in [3.05, 3.63) is 65.5 Å². The van der Waals surface area contributed by atoms with Crippen LogP contribution in [0.4, 0.5) is 5.69 Å². The van der Waals surface area contributed by atoms with Crippen molar-refractivity contribution in [3.8, 4) is 0 Å². The van der Waals surface area contributed by atoms with Gasteiger partial charge in [-0.3, -0.25) is 4.79 Å². The van der Waals surface area contributed by atoms with Crippen LogP contribution in [0.5, 0.6) is 0 Å². The van der Waals surface area contributed by atoms with Gasteiger partial charge in [-0.2, -0.15) is 0 Å². The fourth-order valence-corrected chi connectivity index (χ4v) is 2.99. The van der Waals surface area contributed by atoms with Crippen molar-refractivity contribution in [2.75, 3.05) is 5.32 Å². The molecule has 1 amide bonds. The molecule has 1 unspecified atom stereocenters. The van der Waals surface area contributed by atoms with Crippen LogP contribution in [0, 0.1) is 0 Å². The lowest BCUT2D eigenvalue weighted by Crippen LogP contribution is -2.45. The lowest BCUT2D eigenvalue weighted by atomic mass is 9.92. The summed E-state index contributed by atoms with van der Waals surface area (Å²) >= 11 is 1.68.